The zero-order chi connectivity index (χ0) is 22.6. The molecule has 1 aliphatic rings. The van der Waals surface area contributed by atoms with Gasteiger partial charge >= 0.3 is 0 Å². The van der Waals surface area contributed by atoms with Crippen LogP contribution < -0.4 is 9.62 Å². The molecule has 168 valence electrons. The number of aryl methyl sites for hydroxylation is 1. The summed E-state index contributed by atoms with van der Waals surface area (Å²) in [5.41, 5.74) is 2.04. The van der Waals surface area contributed by atoms with Crippen LogP contribution in [0.1, 0.15) is 30.9 Å². The van der Waals surface area contributed by atoms with Crippen LogP contribution in [0.2, 0.25) is 5.02 Å². The molecule has 31 heavy (non-hydrogen) atoms. The van der Waals surface area contributed by atoms with E-state index in [1.165, 1.54) is 0 Å². The number of nitrogens with zero attached hydrogens (tertiary/aromatic N) is 1. The summed E-state index contributed by atoms with van der Waals surface area (Å²) in [7, 11) is -3.72. The maximum atomic E-state index is 13.1. The van der Waals surface area contributed by atoms with E-state index in [-0.39, 0.29) is 11.3 Å². The molecule has 1 fully saturated rings. The molecule has 0 saturated carbocycles. The molecule has 8 heteroatoms. The first-order valence-corrected chi connectivity index (χ1v) is 12.5. The van der Waals surface area contributed by atoms with Crippen molar-refractivity contribution in [1.29, 1.82) is 0 Å². The first kappa shape index (κ1) is 23.6. The third kappa shape index (κ3) is 5.40. The number of carbonyl (C=O) groups is 1. The van der Waals surface area contributed by atoms with Gasteiger partial charge in [0.05, 0.1) is 11.9 Å². The summed E-state index contributed by atoms with van der Waals surface area (Å²) in [5, 5.41) is 3.42. The molecule has 6 nitrogen and oxygen atoms in total. The van der Waals surface area contributed by atoms with Crippen LogP contribution in [0.15, 0.2) is 48.5 Å². The zero-order valence-corrected chi connectivity index (χ0v) is 19.7. The third-order valence-electron chi connectivity index (χ3n) is 5.93. The smallest absolute Gasteiger partial charge is 0.243 e. The number of carbonyl (C=O) groups excluding carboxylic acids is 1. The van der Waals surface area contributed by atoms with Gasteiger partial charge in [0, 0.05) is 30.2 Å². The Morgan fingerprint density at radius 1 is 1.19 bits per heavy atom. The minimum absolute atomic E-state index is 0.239. The second-order valence-corrected chi connectivity index (χ2v) is 10.4. The van der Waals surface area contributed by atoms with Crippen molar-refractivity contribution >= 4 is 33.2 Å². The van der Waals surface area contributed by atoms with Crippen molar-refractivity contribution in [3.05, 3.63) is 64.7 Å². The van der Waals surface area contributed by atoms with Gasteiger partial charge in [-0.1, -0.05) is 48.0 Å². The highest BCUT2D eigenvalue weighted by Crippen LogP contribution is 2.34. The maximum absolute atomic E-state index is 13.1. The van der Waals surface area contributed by atoms with E-state index in [1.54, 1.807) is 32.0 Å². The van der Waals surface area contributed by atoms with E-state index in [0.717, 1.165) is 34.5 Å². The number of halogens is 1. The average Bonchev–Trinajstić information content (AvgIpc) is 2.75. The Morgan fingerprint density at radius 2 is 1.84 bits per heavy atom. The van der Waals surface area contributed by atoms with Gasteiger partial charge in [0.15, 0.2) is 0 Å². The summed E-state index contributed by atoms with van der Waals surface area (Å²) >= 11 is 6.11. The molecule has 2 aromatic carbocycles. The molecule has 1 atom stereocenters. The van der Waals surface area contributed by atoms with Crippen molar-refractivity contribution in [1.82, 2.24) is 5.32 Å². The molecule has 1 aliphatic heterocycles. The van der Waals surface area contributed by atoms with Crippen LogP contribution in [-0.2, 0) is 25.0 Å². The number of rotatable bonds is 7. The third-order valence-corrected chi connectivity index (χ3v) is 7.40. The highest BCUT2D eigenvalue weighted by atomic mass is 35.5. The van der Waals surface area contributed by atoms with Crippen LogP contribution in [0.3, 0.4) is 0 Å². The van der Waals surface area contributed by atoms with E-state index >= 15 is 0 Å². The second-order valence-electron chi connectivity index (χ2n) is 8.14. The minimum Gasteiger partial charge on any atom is -0.381 e. The van der Waals surface area contributed by atoms with Crippen molar-refractivity contribution < 1.29 is 17.9 Å². The number of nitrogens with one attached hydrogen (secondary N) is 1. The fourth-order valence-electron chi connectivity index (χ4n) is 4.13. The number of benzene rings is 2. The summed E-state index contributed by atoms with van der Waals surface area (Å²) in [4.78, 5) is 13.1. The van der Waals surface area contributed by atoms with Crippen molar-refractivity contribution in [2.45, 2.75) is 38.1 Å². The summed E-state index contributed by atoms with van der Waals surface area (Å²) in [6.45, 7) is 5.04. The Hall–Kier alpha value is -2.09. The predicted molar refractivity (Wildman–Crippen MR) is 124 cm³/mol. The Balaban J connectivity index is 1.84. The van der Waals surface area contributed by atoms with Gasteiger partial charge in [0.1, 0.15) is 6.04 Å². The number of ether oxygens (including phenoxy) is 1. The van der Waals surface area contributed by atoms with E-state index < -0.39 is 16.1 Å². The summed E-state index contributed by atoms with van der Waals surface area (Å²) in [5.74, 6) is -0.355. The average molecular weight is 465 g/mol. The molecule has 3 rings (SSSR count). The monoisotopic (exact) mass is 464 g/mol. The van der Waals surface area contributed by atoms with Gasteiger partial charge in [0.25, 0.3) is 0 Å². The molecule has 1 heterocycles. The lowest BCUT2D eigenvalue weighted by Gasteiger charge is -2.38. The predicted octanol–water partition coefficient (Wildman–Crippen LogP) is 3.67. The van der Waals surface area contributed by atoms with Crippen LogP contribution >= 0.6 is 11.6 Å². The number of amides is 1. The van der Waals surface area contributed by atoms with Gasteiger partial charge < -0.3 is 10.1 Å². The summed E-state index contributed by atoms with van der Waals surface area (Å²) in [6, 6.07) is 14.2. The zero-order valence-electron chi connectivity index (χ0n) is 18.1. The highest BCUT2D eigenvalue weighted by Gasteiger charge is 2.36. The Bertz CT molecular complexity index is 1020. The topological polar surface area (TPSA) is 75.7 Å². The van der Waals surface area contributed by atoms with Crippen molar-refractivity contribution in [2.75, 3.05) is 30.3 Å². The molecule has 1 amide bonds. The van der Waals surface area contributed by atoms with Crippen LogP contribution in [0, 0.1) is 6.92 Å². The largest absolute Gasteiger partial charge is 0.381 e. The Kier molecular flexibility index (Phi) is 7.29. The molecule has 0 unspecified atom stereocenters. The molecule has 1 saturated heterocycles. The van der Waals surface area contributed by atoms with E-state index in [9.17, 15) is 13.2 Å². The number of anilines is 1. The van der Waals surface area contributed by atoms with Gasteiger partial charge in [-0.2, -0.15) is 0 Å². The van der Waals surface area contributed by atoms with Crippen LogP contribution in [0.4, 0.5) is 5.69 Å². The lowest BCUT2D eigenvalue weighted by molar-refractivity contribution is -0.122. The normalized spacial score (nSPS) is 17.0. The maximum Gasteiger partial charge on any atom is 0.243 e. The summed E-state index contributed by atoms with van der Waals surface area (Å²) < 4.78 is 31.9. The number of sulfonamides is 1. The van der Waals surface area contributed by atoms with Crippen LogP contribution in [-0.4, -0.2) is 46.4 Å². The first-order valence-electron chi connectivity index (χ1n) is 10.3. The number of hydrogen-bond acceptors (Lipinski definition) is 4. The molecule has 0 aliphatic carbocycles. The lowest BCUT2D eigenvalue weighted by Crippen LogP contribution is -2.52. The standard InChI is InChI=1S/C23H29ClN2O4S/c1-17-9-10-20(24)15-21(17)26(31(3,28)29)18(2)22(27)25-16-23(11-13-30-14-12-23)19-7-5-4-6-8-19/h4-10,15,18H,11-14,16H2,1-3H3,(H,25,27)/t18-/m1/s1. The van der Waals surface area contributed by atoms with Gasteiger partial charge in [-0.25, -0.2) is 8.42 Å². The first-order chi connectivity index (χ1) is 14.6. The van der Waals surface area contributed by atoms with Crippen molar-refractivity contribution in [3.8, 4) is 0 Å². The van der Waals surface area contributed by atoms with Crippen molar-refractivity contribution in [3.63, 3.8) is 0 Å². The Labute approximate surface area is 189 Å². The molecule has 1 N–H and O–H groups in total. The molecule has 0 spiro atoms. The van der Waals surface area contributed by atoms with Crippen LogP contribution in [0.5, 0.6) is 0 Å². The van der Waals surface area contributed by atoms with E-state index in [1.807, 2.05) is 18.2 Å². The highest BCUT2D eigenvalue weighted by molar-refractivity contribution is 7.92. The van der Waals surface area contributed by atoms with Gasteiger partial charge in [-0.3, -0.25) is 9.10 Å². The van der Waals surface area contributed by atoms with Gasteiger partial charge in [-0.05, 0) is 49.9 Å². The molecular formula is C23H29ClN2O4S. The minimum atomic E-state index is -3.72. The molecule has 0 radical (unpaired) electrons. The second kappa shape index (κ2) is 9.59. The van der Waals surface area contributed by atoms with Crippen LogP contribution in [0.25, 0.3) is 0 Å². The fraction of sp³-hybridized carbons (Fsp3) is 0.435. The number of hydrogen-bond donors (Lipinski definition) is 1. The molecule has 0 aromatic heterocycles. The Morgan fingerprint density at radius 3 is 2.45 bits per heavy atom. The lowest BCUT2D eigenvalue weighted by atomic mass is 9.74. The quantitative estimate of drug-likeness (QED) is 0.678. The van der Waals surface area contributed by atoms with Crippen molar-refractivity contribution in [2.24, 2.45) is 0 Å². The molecule has 2 aromatic rings. The molecule has 0 bridgehead atoms. The van der Waals surface area contributed by atoms with E-state index in [0.29, 0.717) is 30.5 Å². The van der Waals surface area contributed by atoms with Gasteiger partial charge in [-0.15, -0.1) is 0 Å². The van der Waals surface area contributed by atoms with E-state index in [2.05, 4.69) is 17.4 Å². The SMILES string of the molecule is Cc1ccc(Cl)cc1N([C@H](C)C(=O)NCC1(c2ccccc2)CCOCC1)S(C)(=O)=O. The molecular weight excluding hydrogens is 436 g/mol. The van der Waals surface area contributed by atoms with Gasteiger partial charge in [0.2, 0.25) is 15.9 Å². The summed E-state index contributed by atoms with van der Waals surface area (Å²) in [6.07, 6.45) is 2.67. The fourth-order valence-corrected chi connectivity index (χ4v) is 5.52. The van der Waals surface area contributed by atoms with E-state index in [4.69, 9.17) is 16.3 Å².